The zero-order valence-electron chi connectivity index (χ0n) is 30.6. The highest BCUT2D eigenvalue weighted by Crippen LogP contribution is 2.41. The summed E-state index contributed by atoms with van der Waals surface area (Å²) in [5, 5.41) is 23.5. The molecule has 3 aliphatic heterocycles. The Morgan fingerprint density at radius 1 is 0.981 bits per heavy atom. The summed E-state index contributed by atoms with van der Waals surface area (Å²) in [5.41, 5.74) is 3.49. The first-order chi connectivity index (χ1) is 25.3. The van der Waals surface area contributed by atoms with Gasteiger partial charge >= 0.3 is 6.09 Å². The van der Waals surface area contributed by atoms with Crippen molar-refractivity contribution in [2.75, 3.05) is 38.8 Å². The predicted octanol–water partition coefficient (Wildman–Crippen LogP) is 6.81. The monoisotopic (exact) mass is 761 g/mol. The molecule has 4 heterocycles. The minimum Gasteiger partial charge on any atom is -0.545 e. The molecule has 4 aromatic rings. The Balaban J connectivity index is 1.51. The van der Waals surface area contributed by atoms with Crippen molar-refractivity contribution in [3.8, 4) is 11.5 Å². The number of aromatic nitrogens is 1. The van der Waals surface area contributed by atoms with E-state index in [0.717, 1.165) is 36.2 Å². The number of rotatable bonds is 11. The third-order valence-corrected chi connectivity index (χ3v) is 11.1. The second-order valence-electron chi connectivity index (χ2n) is 14.8. The molecule has 3 saturated heterocycles. The number of hydrogen-bond acceptors (Lipinski definition) is 8. The lowest BCUT2D eigenvalue weighted by atomic mass is 9.80. The summed E-state index contributed by atoms with van der Waals surface area (Å²) in [5.74, 6) is -0.884. The summed E-state index contributed by atoms with van der Waals surface area (Å²) in [7, 11) is 3.05. The van der Waals surface area contributed by atoms with E-state index in [-0.39, 0.29) is 46.0 Å². The summed E-state index contributed by atoms with van der Waals surface area (Å²) in [6.07, 6.45) is 3.94. The first-order valence-electron chi connectivity index (χ1n) is 17.7. The van der Waals surface area contributed by atoms with Gasteiger partial charge in [0.05, 0.1) is 26.7 Å². The van der Waals surface area contributed by atoms with Crippen molar-refractivity contribution in [3.63, 3.8) is 0 Å². The summed E-state index contributed by atoms with van der Waals surface area (Å²) < 4.78 is 18.3. The highest BCUT2D eigenvalue weighted by molar-refractivity contribution is 6.35. The SMILES string of the molecule is COc1ccc([C@H](Cc2c(Cl)c[n+](O)cc2Cl)c2c(CN(C(=O)O[C@H]3CN4CCC3CC4)c3cccc(C(C)(C)C)c3)cccc2C(=O)[O-])cc1OC. The van der Waals surface area contributed by atoms with Gasteiger partial charge in [-0.3, -0.25) is 15.0 Å². The van der Waals surface area contributed by atoms with Crippen LogP contribution in [0.5, 0.6) is 11.5 Å². The number of piperidine rings is 3. The Kier molecular flexibility index (Phi) is 11.4. The van der Waals surface area contributed by atoms with Crippen molar-refractivity contribution < 1.29 is 38.8 Å². The molecule has 1 aromatic heterocycles. The fourth-order valence-corrected chi connectivity index (χ4v) is 8.15. The number of benzene rings is 3. The largest absolute Gasteiger partial charge is 0.545 e. The third kappa shape index (κ3) is 8.35. The van der Waals surface area contributed by atoms with E-state index in [9.17, 15) is 19.9 Å². The van der Waals surface area contributed by atoms with Gasteiger partial charge in [-0.05, 0) is 90.2 Å². The van der Waals surface area contributed by atoms with Crippen molar-refractivity contribution in [1.82, 2.24) is 4.90 Å². The maximum atomic E-state index is 14.5. The molecule has 0 radical (unpaired) electrons. The minimum absolute atomic E-state index is 0.0132. The Morgan fingerprint density at radius 2 is 1.66 bits per heavy atom. The van der Waals surface area contributed by atoms with Gasteiger partial charge in [0.1, 0.15) is 16.1 Å². The number of amides is 1. The number of pyridine rings is 1. The van der Waals surface area contributed by atoms with E-state index >= 15 is 0 Å². The lowest BCUT2D eigenvalue weighted by Crippen LogP contribution is -2.53. The van der Waals surface area contributed by atoms with Gasteiger partial charge in [0.25, 0.3) is 0 Å². The molecule has 10 nitrogen and oxygen atoms in total. The number of fused-ring (bicyclic) bond motifs is 3. The van der Waals surface area contributed by atoms with Gasteiger partial charge < -0.3 is 24.1 Å². The summed E-state index contributed by atoms with van der Waals surface area (Å²) in [6, 6.07) is 18.1. The quantitative estimate of drug-likeness (QED) is 0.131. The molecule has 2 bridgehead atoms. The Labute approximate surface area is 320 Å². The highest BCUT2D eigenvalue weighted by atomic mass is 35.5. The second-order valence-corrected chi connectivity index (χ2v) is 15.6. The van der Waals surface area contributed by atoms with Crippen LogP contribution < -0.4 is 24.2 Å². The molecule has 53 heavy (non-hydrogen) atoms. The van der Waals surface area contributed by atoms with Gasteiger partial charge in [0, 0.05) is 34.0 Å². The Bertz CT molecular complexity index is 1970. The molecule has 0 aliphatic carbocycles. The van der Waals surface area contributed by atoms with E-state index < -0.39 is 18.0 Å². The van der Waals surface area contributed by atoms with Crippen LogP contribution in [-0.2, 0) is 23.1 Å². The number of anilines is 1. The van der Waals surface area contributed by atoms with Crippen LogP contribution in [0.4, 0.5) is 10.5 Å². The molecule has 12 heteroatoms. The lowest BCUT2D eigenvalue weighted by molar-refractivity contribution is -0.904. The number of carboxylic acid groups (broad SMARTS) is 1. The topological polar surface area (TPSA) is 115 Å². The molecule has 3 aromatic carbocycles. The number of methoxy groups -OCH3 is 2. The standard InChI is InChI=1S/C41H45Cl2N3O7/c1-41(2,3)28-9-7-10-29(19-28)46(40(49)53-37-24-44-16-14-25(37)15-17-44)21-27-8-6-11-30(39(47)48)38(27)31(20-32-33(42)22-45(50)23-34(32)43)26-12-13-35(51-4)36(18-26)52-5/h6-13,18-19,22-23,25,31,37H,14-17,20-21,24H2,1-5H3,(H-,47,48,50)/t31-,37-/m0/s1. The molecule has 1 amide bonds. The average Bonchev–Trinajstić information content (AvgIpc) is 3.13. The maximum absolute atomic E-state index is 14.5. The average molecular weight is 763 g/mol. The number of carbonyl (C=O) groups is 2. The van der Waals surface area contributed by atoms with E-state index in [1.807, 2.05) is 36.4 Å². The molecular formula is C41H45Cl2N3O7. The number of halogens is 2. The Morgan fingerprint density at radius 3 is 2.26 bits per heavy atom. The number of carbonyl (C=O) groups excluding carboxylic acids is 2. The zero-order chi connectivity index (χ0) is 38.0. The zero-order valence-corrected chi connectivity index (χ0v) is 32.1. The predicted molar refractivity (Wildman–Crippen MR) is 200 cm³/mol. The van der Waals surface area contributed by atoms with Crippen molar-refractivity contribution in [1.29, 1.82) is 0 Å². The summed E-state index contributed by atoms with van der Waals surface area (Å²) in [6.45, 7) is 8.99. The van der Waals surface area contributed by atoms with Crippen LogP contribution in [0, 0.1) is 5.92 Å². The van der Waals surface area contributed by atoms with Crippen LogP contribution >= 0.6 is 23.2 Å². The van der Waals surface area contributed by atoms with Crippen molar-refractivity contribution >= 4 is 41.0 Å². The van der Waals surface area contributed by atoms with E-state index in [0.29, 0.717) is 46.0 Å². The van der Waals surface area contributed by atoms with Crippen LogP contribution in [0.3, 0.4) is 0 Å². The van der Waals surface area contributed by atoms with Gasteiger partial charge in [-0.1, -0.05) is 80.4 Å². The third-order valence-electron chi connectivity index (χ3n) is 10.5. The first-order valence-corrected chi connectivity index (χ1v) is 18.5. The van der Waals surface area contributed by atoms with Crippen LogP contribution in [0.15, 0.2) is 73.1 Å². The van der Waals surface area contributed by atoms with E-state index in [2.05, 4.69) is 25.7 Å². The molecule has 7 rings (SSSR count). The highest BCUT2D eigenvalue weighted by Gasteiger charge is 2.38. The van der Waals surface area contributed by atoms with Crippen molar-refractivity contribution in [2.45, 2.75) is 64.0 Å². The van der Waals surface area contributed by atoms with E-state index in [1.165, 1.54) is 32.7 Å². The van der Waals surface area contributed by atoms with Crippen LogP contribution in [-0.4, -0.2) is 62.1 Å². The molecule has 0 saturated carbocycles. The van der Waals surface area contributed by atoms with Crippen LogP contribution in [0.2, 0.25) is 10.0 Å². The van der Waals surface area contributed by atoms with Gasteiger partial charge in [-0.15, -0.1) is 0 Å². The second kappa shape index (κ2) is 15.8. The van der Waals surface area contributed by atoms with Crippen molar-refractivity contribution in [3.05, 3.63) is 116 Å². The lowest BCUT2D eigenvalue weighted by Gasteiger charge is -2.44. The fraction of sp³-hybridized carbons (Fsp3) is 0.390. The molecule has 0 unspecified atom stereocenters. The molecule has 280 valence electrons. The van der Waals surface area contributed by atoms with Gasteiger partial charge in [-0.2, -0.15) is 0 Å². The number of carboxylic acids is 1. The fourth-order valence-electron chi connectivity index (χ4n) is 7.54. The molecule has 1 N–H and O–H groups in total. The molecule has 0 spiro atoms. The minimum atomic E-state index is -1.39. The summed E-state index contributed by atoms with van der Waals surface area (Å²) >= 11 is 13.3. The molecule has 3 fully saturated rings. The van der Waals surface area contributed by atoms with E-state index in [4.69, 9.17) is 37.4 Å². The molecular weight excluding hydrogens is 717 g/mol. The van der Waals surface area contributed by atoms with Crippen LogP contribution in [0.25, 0.3) is 0 Å². The summed E-state index contributed by atoms with van der Waals surface area (Å²) in [4.78, 5) is 31.4. The number of hydrogen-bond donors (Lipinski definition) is 1. The molecule has 3 aliphatic rings. The van der Waals surface area contributed by atoms with Crippen molar-refractivity contribution in [2.24, 2.45) is 5.92 Å². The first kappa shape index (κ1) is 38.2. The number of nitrogens with zero attached hydrogens (tertiary/aromatic N) is 3. The normalized spacial score (nSPS) is 18.7. The maximum Gasteiger partial charge on any atom is 0.414 e. The number of ether oxygens (including phenoxy) is 3. The Hall–Kier alpha value is -4.51. The van der Waals surface area contributed by atoms with Gasteiger partial charge in [0.15, 0.2) is 11.5 Å². The van der Waals surface area contributed by atoms with Gasteiger partial charge in [-0.25, -0.2) is 4.79 Å². The van der Waals surface area contributed by atoms with Crippen LogP contribution in [0.1, 0.15) is 77.7 Å². The molecule has 2 atom stereocenters. The van der Waals surface area contributed by atoms with E-state index in [1.54, 1.807) is 23.1 Å². The smallest absolute Gasteiger partial charge is 0.414 e. The number of aromatic carboxylic acids is 1. The van der Waals surface area contributed by atoms with Gasteiger partial charge in [0.2, 0.25) is 12.4 Å².